The predicted molar refractivity (Wildman–Crippen MR) is 120 cm³/mol. The van der Waals surface area contributed by atoms with Gasteiger partial charge in [-0.15, -0.1) is 0 Å². The normalized spacial score (nSPS) is 13.6. The highest BCUT2D eigenvalue weighted by atomic mass is 32.2. The van der Waals surface area contributed by atoms with Crippen LogP contribution in [0.3, 0.4) is 0 Å². The van der Waals surface area contributed by atoms with Crippen LogP contribution in [0, 0.1) is 6.92 Å². The Morgan fingerprint density at radius 1 is 1.17 bits per heavy atom. The number of hydrogen-bond acceptors (Lipinski definition) is 5. The van der Waals surface area contributed by atoms with Crippen molar-refractivity contribution < 1.29 is 17.9 Å². The van der Waals surface area contributed by atoms with Gasteiger partial charge in [0, 0.05) is 38.0 Å². The lowest BCUT2D eigenvalue weighted by Gasteiger charge is -2.31. The number of sulfonamides is 1. The van der Waals surface area contributed by atoms with Crippen LogP contribution in [-0.4, -0.2) is 41.1 Å². The minimum Gasteiger partial charge on any atom is -0.383 e. The van der Waals surface area contributed by atoms with Crippen LogP contribution in [0.1, 0.15) is 30.9 Å². The van der Waals surface area contributed by atoms with Gasteiger partial charge in [0.2, 0.25) is 5.91 Å². The molecule has 2 aromatic rings. The van der Waals surface area contributed by atoms with E-state index in [0.29, 0.717) is 30.0 Å². The molecule has 0 atom stereocenters. The summed E-state index contributed by atoms with van der Waals surface area (Å²) in [4.78, 5) is 14.0. The lowest BCUT2D eigenvalue weighted by molar-refractivity contribution is -0.115. The van der Waals surface area contributed by atoms with Crippen molar-refractivity contribution in [1.29, 1.82) is 0 Å². The molecule has 0 radical (unpaired) electrons. The zero-order valence-corrected chi connectivity index (χ0v) is 18.5. The Balaban J connectivity index is 1.83. The van der Waals surface area contributed by atoms with Crippen molar-refractivity contribution in [2.24, 2.45) is 0 Å². The first-order valence-electron chi connectivity index (χ1n) is 10.1. The van der Waals surface area contributed by atoms with Crippen LogP contribution in [-0.2, 0) is 26.0 Å². The molecule has 0 bridgehead atoms. The van der Waals surface area contributed by atoms with E-state index in [1.165, 1.54) is 11.6 Å². The fourth-order valence-corrected chi connectivity index (χ4v) is 4.91. The molecule has 0 aromatic heterocycles. The minimum atomic E-state index is -3.76. The molecule has 0 spiro atoms. The van der Waals surface area contributed by atoms with Crippen molar-refractivity contribution in [3.63, 3.8) is 0 Å². The largest absolute Gasteiger partial charge is 0.383 e. The number of nitrogens with one attached hydrogen (secondary N) is 2. The summed E-state index contributed by atoms with van der Waals surface area (Å²) >= 11 is 0. The topological polar surface area (TPSA) is 87.7 Å². The summed E-state index contributed by atoms with van der Waals surface area (Å²) in [6.07, 6.45) is 2.41. The van der Waals surface area contributed by atoms with Crippen LogP contribution < -0.4 is 14.9 Å². The third kappa shape index (κ3) is 5.12. The predicted octanol–water partition coefficient (Wildman–Crippen LogP) is 3.54. The van der Waals surface area contributed by atoms with E-state index in [0.717, 1.165) is 31.6 Å². The summed E-state index contributed by atoms with van der Waals surface area (Å²) in [7, 11) is -2.08. The van der Waals surface area contributed by atoms with Crippen molar-refractivity contribution >= 4 is 33.0 Å². The molecule has 1 heterocycles. The third-order valence-corrected chi connectivity index (χ3v) is 6.73. The maximum atomic E-state index is 13.0. The maximum Gasteiger partial charge on any atom is 0.262 e. The van der Waals surface area contributed by atoms with Crippen LogP contribution in [0.25, 0.3) is 0 Å². The van der Waals surface area contributed by atoms with Gasteiger partial charge in [-0.3, -0.25) is 9.52 Å². The van der Waals surface area contributed by atoms with Crippen LogP contribution in [0.4, 0.5) is 17.1 Å². The molecule has 1 amide bonds. The average Bonchev–Trinajstić information content (AvgIpc) is 2.71. The summed E-state index contributed by atoms with van der Waals surface area (Å²) in [6, 6.07) is 10.5. The number of nitrogens with zero attached hydrogens (tertiary/aromatic N) is 1. The molecule has 30 heavy (non-hydrogen) atoms. The smallest absolute Gasteiger partial charge is 0.262 e. The number of hydrogen-bond donors (Lipinski definition) is 2. The first kappa shape index (κ1) is 22.1. The number of carbonyl (C=O) groups is 1. The Hall–Kier alpha value is -2.58. The van der Waals surface area contributed by atoms with E-state index in [1.54, 1.807) is 39.2 Å². The molecular formula is C22H29N3O4S. The summed E-state index contributed by atoms with van der Waals surface area (Å²) in [5, 5.41) is 2.75. The molecular weight excluding hydrogens is 402 g/mol. The zero-order chi connectivity index (χ0) is 21.7. The summed E-state index contributed by atoms with van der Waals surface area (Å²) in [5.41, 5.74) is 3.94. The average molecular weight is 432 g/mol. The number of benzene rings is 2. The molecule has 1 aliphatic heterocycles. The summed E-state index contributed by atoms with van der Waals surface area (Å²) < 4.78 is 33.9. The molecule has 8 heteroatoms. The van der Waals surface area contributed by atoms with E-state index >= 15 is 0 Å². The van der Waals surface area contributed by atoms with Gasteiger partial charge in [-0.05, 0) is 61.2 Å². The van der Waals surface area contributed by atoms with Gasteiger partial charge in [0.05, 0.1) is 17.2 Å². The van der Waals surface area contributed by atoms with Crippen LogP contribution in [0.5, 0.6) is 0 Å². The summed E-state index contributed by atoms with van der Waals surface area (Å²) in [5.74, 6) is -0.116. The van der Waals surface area contributed by atoms with Crippen molar-refractivity contribution in [2.75, 3.05) is 41.7 Å². The molecule has 0 fully saturated rings. The second-order valence-corrected chi connectivity index (χ2v) is 9.07. The lowest BCUT2D eigenvalue weighted by Crippen LogP contribution is -2.32. The Morgan fingerprint density at radius 2 is 1.93 bits per heavy atom. The highest BCUT2D eigenvalue weighted by molar-refractivity contribution is 7.92. The molecule has 1 aliphatic rings. The number of anilines is 3. The van der Waals surface area contributed by atoms with Gasteiger partial charge in [0.25, 0.3) is 10.0 Å². The number of rotatable bonds is 8. The standard InChI is InChI=1S/C22H29N3O4S/c1-4-22(26)23-18-9-10-21(16(2)14-18)30(27,28)24-19-8-7-17-6-5-11-25(12-13-29-3)20(17)15-19/h7-10,14-15,24H,4-6,11-13H2,1-3H3,(H,23,26). The molecule has 2 aromatic carbocycles. The number of amides is 1. The molecule has 162 valence electrons. The maximum absolute atomic E-state index is 13.0. The quantitative estimate of drug-likeness (QED) is 0.667. The Morgan fingerprint density at radius 3 is 2.63 bits per heavy atom. The number of carbonyl (C=O) groups excluding carboxylic acids is 1. The third-order valence-electron chi connectivity index (χ3n) is 5.19. The van der Waals surface area contributed by atoms with Crippen LogP contribution in [0.2, 0.25) is 0 Å². The molecule has 0 saturated heterocycles. The molecule has 7 nitrogen and oxygen atoms in total. The number of methoxy groups -OCH3 is 1. The van der Waals surface area contributed by atoms with E-state index < -0.39 is 10.0 Å². The Labute approximate surface area is 178 Å². The van der Waals surface area contributed by atoms with Crippen molar-refractivity contribution in [3.8, 4) is 0 Å². The molecule has 2 N–H and O–H groups in total. The number of ether oxygens (including phenoxy) is 1. The highest BCUT2D eigenvalue weighted by Gasteiger charge is 2.21. The van der Waals surface area contributed by atoms with Gasteiger partial charge in [0.15, 0.2) is 0 Å². The second-order valence-electron chi connectivity index (χ2n) is 7.41. The Kier molecular flexibility index (Phi) is 6.99. The van der Waals surface area contributed by atoms with Gasteiger partial charge in [-0.1, -0.05) is 13.0 Å². The zero-order valence-electron chi connectivity index (χ0n) is 17.7. The minimum absolute atomic E-state index is 0.116. The van der Waals surface area contributed by atoms with Crippen molar-refractivity contribution in [2.45, 2.75) is 38.0 Å². The van der Waals surface area contributed by atoms with Gasteiger partial charge < -0.3 is 15.0 Å². The van der Waals surface area contributed by atoms with Crippen molar-refractivity contribution in [3.05, 3.63) is 47.5 Å². The van der Waals surface area contributed by atoms with Gasteiger partial charge in [-0.2, -0.15) is 0 Å². The van der Waals surface area contributed by atoms with E-state index in [1.807, 2.05) is 12.1 Å². The van der Waals surface area contributed by atoms with E-state index in [2.05, 4.69) is 14.9 Å². The SMILES string of the molecule is CCC(=O)Nc1ccc(S(=O)(=O)Nc2ccc3c(c2)N(CCOC)CCC3)c(C)c1. The fourth-order valence-electron chi connectivity index (χ4n) is 3.64. The van der Waals surface area contributed by atoms with E-state index in [9.17, 15) is 13.2 Å². The first-order valence-corrected chi connectivity index (χ1v) is 11.6. The highest BCUT2D eigenvalue weighted by Crippen LogP contribution is 2.31. The van der Waals surface area contributed by atoms with E-state index in [4.69, 9.17) is 4.74 Å². The van der Waals surface area contributed by atoms with Crippen LogP contribution in [0.15, 0.2) is 41.3 Å². The second kappa shape index (κ2) is 9.49. The van der Waals surface area contributed by atoms with Gasteiger partial charge >= 0.3 is 0 Å². The molecule has 3 rings (SSSR count). The van der Waals surface area contributed by atoms with Crippen LogP contribution >= 0.6 is 0 Å². The Bertz CT molecular complexity index is 1020. The van der Waals surface area contributed by atoms with Gasteiger partial charge in [-0.25, -0.2) is 8.42 Å². The molecule has 0 saturated carbocycles. The lowest BCUT2D eigenvalue weighted by atomic mass is 10.0. The molecule has 0 aliphatic carbocycles. The summed E-state index contributed by atoms with van der Waals surface area (Å²) in [6.45, 7) is 5.80. The fraction of sp³-hybridized carbons (Fsp3) is 0.409. The monoisotopic (exact) mass is 431 g/mol. The van der Waals surface area contributed by atoms with Crippen molar-refractivity contribution in [1.82, 2.24) is 0 Å². The number of fused-ring (bicyclic) bond motifs is 1. The van der Waals surface area contributed by atoms with E-state index in [-0.39, 0.29) is 10.8 Å². The molecule has 0 unspecified atom stereocenters. The first-order chi connectivity index (χ1) is 14.3. The number of aryl methyl sites for hydroxylation is 2. The van der Waals surface area contributed by atoms with Gasteiger partial charge in [0.1, 0.15) is 0 Å².